The first-order valence-corrected chi connectivity index (χ1v) is 6.46. The second-order valence-corrected chi connectivity index (χ2v) is 4.53. The maximum absolute atomic E-state index is 12.5. The van der Waals surface area contributed by atoms with Gasteiger partial charge in [-0.05, 0) is 29.8 Å². The molecule has 0 radical (unpaired) electrons. The zero-order valence-electron chi connectivity index (χ0n) is 11.7. The Morgan fingerprint density at radius 1 is 1.13 bits per heavy atom. The van der Waals surface area contributed by atoms with Gasteiger partial charge in [0.15, 0.2) is 5.71 Å². The summed E-state index contributed by atoms with van der Waals surface area (Å²) >= 11 is 0. The highest BCUT2D eigenvalue weighted by molar-refractivity contribution is 6.12. The smallest absolute Gasteiger partial charge is 0.416 e. The fourth-order valence-corrected chi connectivity index (χ4v) is 1.91. The molecule has 0 heterocycles. The molecule has 0 saturated carbocycles. The van der Waals surface area contributed by atoms with E-state index >= 15 is 0 Å². The lowest BCUT2D eigenvalue weighted by Gasteiger charge is -2.11. The van der Waals surface area contributed by atoms with Crippen molar-refractivity contribution in [1.29, 1.82) is 5.26 Å². The normalized spacial score (nSPS) is 11.8. The van der Waals surface area contributed by atoms with E-state index in [0.717, 1.165) is 12.1 Å². The molecule has 23 heavy (non-hydrogen) atoms. The quantitative estimate of drug-likeness (QED) is 0.526. The molecule has 0 aliphatic heterocycles. The molecule has 0 spiro atoms. The van der Waals surface area contributed by atoms with Crippen LogP contribution in [0.4, 0.5) is 13.2 Å². The standard InChI is InChI=1S/C16H11F3N2O2/c17-16(18,19)12-5-7-13(8-6-12)23-10-11-3-1-2-4-14(11)15(9-20)21-22/h1-8,22H,10H2/b21-15-. The van der Waals surface area contributed by atoms with Crippen LogP contribution >= 0.6 is 0 Å². The summed E-state index contributed by atoms with van der Waals surface area (Å²) in [5, 5.41) is 20.6. The molecule has 0 atom stereocenters. The molecule has 2 rings (SSSR count). The van der Waals surface area contributed by atoms with E-state index < -0.39 is 11.7 Å². The number of alkyl halides is 3. The number of hydrogen-bond acceptors (Lipinski definition) is 4. The van der Waals surface area contributed by atoms with E-state index in [0.29, 0.717) is 11.1 Å². The van der Waals surface area contributed by atoms with Gasteiger partial charge in [0.05, 0.1) is 5.56 Å². The Morgan fingerprint density at radius 3 is 2.35 bits per heavy atom. The summed E-state index contributed by atoms with van der Waals surface area (Å²) in [5.41, 5.74) is 0.0345. The largest absolute Gasteiger partial charge is 0.489 e. The van der Waals surface area contributed by atoms with Crippen LogP contribution in [0, 0.1) is 11.3 Å². The summed E-state index contributed by atoms with van der Waals surface area (Å²) < 4.78 is 42.9. The summed E-state index contributed by atoms with van der Waals surface area (Å²) in [6.07, 6.45) is -4.40. The van der Waals surface area contributed by atoms with Crippen molar-refractivity contribution in [3.05, 3.63) is 65.2 Å². The van der Waals surface area contributed by atoms with Gasteiger partial charge in [0.2, 0.25) is 0 Å². The fourth-order valence-electron chi connectivity index (χ4n) is 1.91. The second-order valence-electron chi connectivity index (χ2n) is 4.53. The minimum atomic E-state index is -4.40. The molecule has 0 fully saturated rings. The van der Waals surface area contributed by atoms with Crippen LogP contribution in [0.25, 0.3) is 0 Å². The highest BCUT2D eigenvalue weighted by Crippen LogP contribution is 2.30. The molecule has 2 aromatic carbocycles. The van der Waals surface area contributed by atoms with Gasteiger partial charge < -0.3 is 9.94 Å². The van der Waals surface area contributed by atoms with Gasteiger partial charge in [-0.1, -0.05) is 29.4 Å². The topological polar surface area (TPSA) is 65.6 Å². The first kappa shape index (κ1) is 16.4. The maximum Gasteiger partial charge on any atom is 0.416 e. The fraction of sp³-hybridized carbons (Fsp3) is 0.125. The van der Waals surface area contributed by atoms with E-state index in [-0.39, 0.29) is 18.1 Å². The van der Waals surface area contributed by atoms with E-state index in [1.165, 1.54) is 12.1 Å². The first-order valence-electron chi connectivity index (χ1n) is 6.46. The molecule has 0 saturated heterocycles. The Bertz CT molecular complexity index is 747. The van der Waals surface area contributed by atoms with E-state index in [2.05, 4.69) is 5.16 Å². The lowest BCUT2D eigenvalue weighted by molar-refractivity contribution is -0.137. The molecule has 0 bridgehead atoms. The van der Waals surface area contributed by atoms with Gasteiger partial charge in [-0.2, -0.15) is 18.4 Å². The van der Waals surface area contributed by atoms with E-state index in [1.54, 1.807) is 30.3 Å². The predicted octanol–water partition coefficient (Wildman–Crippen LogP) is 3.99. The first-order chi connectivity index (χ1) is 11.0. The van der Waals surface area contributed by atoms with Crippen molar-refractivity contribution in [1.82, 2.24) is 0 Å². The molecule has 0 aromatic heterocycles. The van der Waals surface area contributed by atoms with Crippen molar-refractivity contribution in [3.8, 4) is 11.8 Å². The van der Waals surface area contributed by atoms with Crippen LogP contribution in [0.15, 0.2) is 53.7 Å². The van der Waals surface area contributed by atoms with Crippen LogP contribution < -0.4 is 4.74 Å². The summed E-state index contributed by atoms with van der Waals surface area (Å²) in [6.45, 7) is 0.0161. The average Bonchev–Trinajstić information content (AvgIpc) is 2.54. The zero-order chi connectivity index (χ0) is 16.9. The van der Waals surface area contributed by atoms with Crippen LogP contribution in [0.2, 0.25) is 0 Å². The van der Waals surface area contributed by atoms with Crippen molar-refractivity contribution < 1.29 is 23.1 Å². The lowest BCUT2D eigenvalue weighted by atomic mass is 10.0. The molecule has 7 heteroatoms. The number of benzene rings is 2. The zero-order valence-corrected chi connectivity index (χ0v) is 11.7. The summed E-state index contributed by atoms with van der Waals surface area (Å²) in [5.74, 6) is 0.257. The third-order valence-electron chi connectivity index (χ3n) is 3.05. The van der Waals surface area contributed by atoms with Crippen molar-refractivity contribution in [2.45, 2.75) is 12.8 Å². The minimum absolute atomic E-state index is 0.0161. The van der Waals surface area contributed by atoms with Crippen molar-refractivity contribution >= 4 is 5.71 Å². The van der Waals surface area contributed by atoms with Gasteiger partial charge in [0.25, 0.3) is 0 Å². The molecule has 2 aromatic rings. The number of hydrogen-bond donors (Lipinski definition) is 1. The van der Waals surface area contributed by atoms with Gasteiger partial charge in [-0.15, -0.1) is 0 Å². The van der Waals surface area contributed by atoms with Gasteiger partial charge in [-0.3, -0.25) is 0 Å². The lowest BCUT2D eigenvalue weighted by Crippen LogP contribution is -2.06. The van der Waals surface area contributed by atoms with Gasteiger partial charge >= 0.3 is 6.18 Å². The van der Waals surface area contributed by atoms with Crippen molar-refractivity contribution in [2.75, 3.05) is 0 Å². The SMILES string of the molecule is N#C/C(=N/O)c1ccccc1COc1ccc(C(F)(F)F)cc1. The summed E-state index contributed by atoms with van der Waals surface area (Å²) in [7, 11) is 0. The molecule has 1 N–H and O–H groups in total. The van der Waals surface area contributed by atoms with Gasteiger partial charge in [0, 0.05) is 5.56 Å². The Labute approximate surface area is 130 Å². The number of oxime groups is 1. The molecule has 0 amide bonds. The Hall–Kier alpha value is -3.01. The van der Waals surface area contributed by atoms with Crippen LogP contribution in [0.1, 0.15) is 16.7 Å². The molecule has 0 aliphatic carbocycles. The number of ether oxygens (including phenoxy) is 1. The molecule has 118 valence electrons. The number of halogens is 3. The van der Waals surface area contributed by atoms with Crippen molar-refractivity contribution in [3.63, 3.8) is 0 Å². The molecular weight excluding hydrogens is 309 g/mol. The Morgan fingerprint density at radius 2 is 1.78 bits per heavy atom. The highest BCUT2D eigenvalue weighted by atomic mass is 19.4. The monoisotopic (exact) mass is 320 g/mol. The summed E-state index contributed by atoms with van der Waals surface area (Å²) in [4.78, 5) is 0. The number of nitrogens with zero attached hydrogens (tertiary/aromatic N) is 2. The van der Waals surface area contributed by atoms with E-state index in [4.69, 9.17) is 15.2 Å². The average molecular weight is 320 g/mol. The molecule has 4 nitrogen and oxygen atoms in total. The number of rotatable bonds is 4. The van der Waals surface area contributed by atoms with Crippen LogP contribution in [0.3, 0.4) is 0 Å². The molecule has 0 unspecified atom stereocenters. The minimum Gasteiger partial charge on any atom is -0.489 e. The molecule has 0 aliphatic rings. The van der Waals surface area contributed by atoms with E-state index in [9.17, 15) is 13.2 Å². The van der Waals surface area contributed by atoms with Crippen LogP contribution in [0.5, 0.6) is 5.75 Å². The van der Waals surface area contributed by atoms with Crippen molar-refractivity contribution in [2.24, 2.45) is 5.16 Å². The van der Waals surface area contributed by atoms with E-state index in [1.807, 2.05) is 0 Å². The highest BCUT2D eigenvalue weighted by Gasteiger charge is 2.30. The van der Waals surface area contributed by atoms with Crippen LogP contribution in [-0.4, -0.2) is 10.9 Å². The Kier molecular flexibility index (Phi) is 4.86. The third kappa shape index (κ3) is 4.01. The summed E-state index contributed by atoms with van der Waals surface area (Å²) in [6, 6.07) is 12.7. The van der Waals surface area contributed by atoms with Crippen LogP contribution in [-0.2, 0) is 12.8 Å². The van der Waals surface area contributed by atoms with Gasteiger partial charge in [-0.25, -0.2) is 0 Å². The predicted molar refractivity (Wildman–Crippen MR) is 76.2 cm³/mol. The second kappa shape index (κ2) is 6.83. The number of nitriles is 1. The maximum atomic E-state index is 12.5. The molecular formula is C16H11F3N2O2. The third-order valence-corrected chi connectivity index (χ3v) is 3.05. The van der Waals surface area contributed by atoms with Gasteiger partial charge in [0.1, 0.15) is 18.4 Å². The Balaban J connectivity index is 2.15.